The Morgan fingerprint density at radius 1 is 0.957 bits per heavy atom. The summed E-state index contributed by atoms with van der Waals surface area (Å²) < 4.78 is 27.5. The molecule has 2 heterocycles. The SMILES string of the molecule is CCCC(O[SiH3])C(CCCOCC1CO1)CCCOCC1CO1. The van der Waals surface area contributed by atoms with Crippen LogP contribution in [0.4, 0.5) is 0 Å². The average molecular weight is 347 g/mol. The molecule has 2 aliphatic heterocycles. The summed E-state index contributed by atoms with van der Waals surface area (Å²) in [4.78, 5) is 0. The zero-order valence-corrected chi connectivity index (χ0v) is 16.8. The van der Waals surface area contributed by atoms with E-state index in [9.17, 15) is 0 Å². The fourth-order valence-corrected chi connectivity index (χ4v) is 3.62. The lowest BCUT2D eigenvalue weighted by atomic mass is 9.90. The minimum Gasteiger partial charge on any atom is -0.425 e. The summed E-state index contributed by atoms with van der Waals surface area (Å²) in [5, 5.41) is 0. The van der Waals surface area contributed by atoms with Crippen LogP contribution in [0.1, 0.15) is 45.4 Å². The Morgan fingerprint density at radius 2 is 1.48 bits per heavy atom. The van der Waals surface area contributed by atoms with Crippen LogP contribution in [0.25, 0.3) is 0 Å². The molecule has 0 amide bonds. The normalized spacial score (nSPS) is 25.4. The van der Waals surface area contributed by atoms with Crippen molar-refractivity contribution in [3.63, 3.8) is 0 Å². The molecular formula is C17H34O5Si. The van der Waals surface area contributed by atoms with Crippen LogP contribution in [-0.4, -0.2) is 68.4 Å². The van der Waals surface area contributed by atoms with Crippen molar-refractivity contribution in [3.8, 4) is 0 Å². The Bertz CT molecular complexity index is 275. The maximum Gasteiger partial charge on any atom is 0.146 e. The van der Waals surface area contributed by atoms with Gasteiger partial charge in [0.05, 0.1) is 26.4 Å². The second-order valence-electron chi connectivity index (χ2n) is 6.67. The van der Waals surface area contributed by atoms with E-state index in [0.717, 1.165) is 63.0 Å². The first kappa shape index (κ1) is 19.3. The van der Waals surface area contributed by atoms with Gasteiger partial charge in [-0.2, -0.15) is 0 Å². The summed E-state index contributed by atoms with van der Waals surface area (Å²) in [7, 11) is 0.821. The predicted octanol–water partition coefficient (Wildman–Crippen LogP) is 1.46. The monoisotopic (exact) mass is 346 g/mol. The van der Waals surface area contributed by atoms with Gasteiger partial charge in [-0.1, -0.05) is 13.3 Å². The maximum absolute atomic E-state index is 5.88. The van der Waals surface area contributed by atoms with E-state index in [-0.39, 0.29) is 0 Å². The quantitative estimate of drug-likeness (QED) is 0.241. The number of hydrogen-bond donors (Lipinski definition) is 0. The molecule has 0 saturated carbocycles. The number of hydrogen-bond acceptors (Lipinski definition) is 5. The average Bonchev–Trinajstić information content (AvgIpc) is 3.45. The van der Waals surface area contributed by atoms with Crippen LogP contribution in [0.2, 0.25) is 0 Å². The first-order valence-corrected chi connectivity index (χ1v) is 10.1. The van der Waals surface area contributed by atoms with Crippen LogP contribution in [0.3, 0.4) is 0 Å². The lowest BCUT2D eigenvalue weighted by Crippen LogP contribution is -2.24. The van der Waals surface area contributed by atoms with Crippen molar-refractivity contribution in [2.24, 2.45) is 5.92 Å². The molecule has 6 heteroatoms. The highest BCUT2D eigenvalue weighted by Crippen LogP contribution is 2.24. The molecule has 0 radical (unpaired) electrons. The van der Waals surface area contributed by atoms with Crippen LogP contribution >= 0.6 is 0 Å². The Labute approximate surface area is 143 Å². The lowest BCUT2D eigenvalue weighted by molar-refractivity contribution is 0.0771. The molecule has 136 valence electrons. The van der Waals surface area contributed by atoms with Crippen LogP contribution < -0.4 is 0 Å². The van der Waals surface area contributed by atoms with E-state index >= 15 is 0 Å². The van der Waals surface area contributed by atoms with Gasteiger partial charge in [-0.05, 0) is 38.0 Å². The summed E-state index contributed by atoms with van der Waals surface area (Å²) in [6.45, 7) is 7.19. The standard InChI is InChI=1S/C17H34O5Si/c1-2-5-17(22-23)14(6-3-8-18-10-15-12-20-15)7-4-9-19-11-16-13-21-16/h14-17H,2-13H2,1,23H3. The van der Waals surface area contributed by atoms with Gasteiger partial charge in [-0.3, -0.25) is 0 Å². The summed E-state index contributed by atoms with van der Waals surface area (Å²) in [5.74, 6) is 0.633. The largest absolute Gasteiger partial charge is 0.425 e. The molecule has 5 nitrogen and oxygen atoms in total. The second-order valence-corrected chi connectivity index (χ2v) is 7.14. The van der Waals surface area contributed by atoms with Crippen molar-refractivity contribution >= 4 is 10.5 Å². The molecule has 0 aromatic heterocycles. The van der Waals surface area contributed by atoms with Crippen LogP contribution in [0, 0.1) is 5.92 Å². The number of epoxide rings is 2. The fourth-order valence-electron chi connectivity index (χ4n) is 3.00. The van der Waals surface area contributed by atoms with E-state index < -0.39 is 0 Å². The maximum atomic E-state index is 5.88. The van der Waals surface area contributed by atoms with E-state index in [1.807, 2.05) is 0 Å². The molecule has 3 unspecified atom stereocenters. The van der Waals surface area contributed by atoms with Crippen molar-refractivity contribution < 1.29 is 23.4 Å². The zero-order valence-electron chi connectivity index (χ0n) is 14.8. The van der Waals surface area contributed by atoms with Gasteiger partial charge in [0, 0.05) is 19.3 Å². The van der Waals surface area contributed by atoms with E-state index in [0.29, 0.717) is 24.2 Å². The molecule has 0 N–H and O–H groups in total. The van der Waals surface area contributed by atoms with Crippen molar-refractivity contribution in [1.29, 1.82) is 0 Å². The Balaban J connectivity index is 1.57. The first-order valence-electron chi connectivity index (χ1n) is 9.25. The molecule has 2 rings (SSSR count). The second kappa shape index (κ2) is 11.6. The highest BCUT2D eigenvalue weighted by Gasteiger charge is 2.24. The molecule has 2 saturated heterocycles. The Kier molecular flexibility index (Phi) is 9.71. The van der Waals surface area contributed by atoms with Crippen molar-refractivity contribution in [3.05, 3.63) is 0 Å². The third kappa shape index (κ3) is 9.17. The van der Waals surface area contributed by atoms with Crippen molar-refractivity contribution in [2.45, 2.75) is 63.8 Å². The minimum absolute atomic E-state index is 0.371. The molecule has 23 heavy (non-hydrogen) atoms. The molecule has 0 bridgehead atoms. The zero-order chi connectivity index (χ0) is 16.3. The summed E-state index contributed by atoms with van der Waals surface area (Å²) in [6.07, 6.45) is 8.11. The Morgan fingerprint density at radius 3 is 1.87 bits per heavy atom. The third-order valence-corrected chi connectivity index (χ3v) is 5.15. The molecule has 2 fully saturated rings. The van der Waals surface area contributed by atoms with E-state index in [2.05, 4.69) is 6.92 Å². The molecule has 3 atom stereocenters. The summed E-state index contributed by atoms with van der Waals surface area (Å²) in [6, 6.07) is 0. The van der Waals surface area contributed by atoms with Gasteiger partial charge in [0.1, 0.15) is 22.7 Å². The molecule has 0 aromatic carbocycles. The summed E-state index contributed by atoms with van der Waals surface area (Å²) >= 11 is 0. The van der Waals surface area contributed by atoms with Crippen LogP contribution in [0.15, 0.2) is 0 Å². The third-order valence-electron chi connectivity index (χ3n) is 4.54. The van der Waals surface area contributed by atoms with E-state index in [1.54, 1.807) is 0 Å². The molecular weight excluding hydrogens is 312 g/mol. The van der Waals surface area contributed by atoms with Gasteiger partial charge in [0.25, 0.3) is 0 Å². The van der Waals surface area contributed by atoms with Crippen molar-refractivity contribution in [1.82, 2.24) is 0 Å². The summed E-state index contributed by atoms with van der Waals surface area (Å²) in [5.41, 5.74) is 0. The van der Waals surface area contributed by atoms with Crippen molar-refractivity contribution in [2.75, 3.05) is 39.6 Å². The predicted molar refractivity (Wildman–Crippen MR) is 92.8 cm³/mol. The fraction of sp³-hybridized carbons (Fsp3) is 1.00. The Hall–Kier alpha value is 0.0169. The highest BCUT2D eigenvalue weighted by atomic mass is 28.2. The molecule has 2 aliphatic rings. The van der Waals surface area contributed by atoms with E-state index in [1.165, 1.54) is 25.7 Å². The molecule has 0 aliphatic carbocycles. The topological polar surface area (TPSA) is 52.8 Å². The first-order chi connectivity index (χ1) is 11.3. The smallest absolute Gasteiger partial charge is 0.146 e. The number of rotatable bonds is 16. The molecule has 0 spiro atoms. The van der Waals surface area contributed by atoms with Gasteiger partial charge in [0.2, 0.25) is 0 Å². The van der Waals surface area contributed by atoms with Gasteiger partial charge >= 0.3 is 0 Å². The van der Waals surface area contributed by atoms with Gasteiger partial charge in [0.15, 0.2) is 0 Å². The van der Waals surface area contributed by atoms with Gasteiger partial charge < -0.3 is 23.4 Å². The highest BCUT2D eigenvalue weighted by molar-refractivity contribution is 5.98. The van der Waals surface area contributed by atoms with Gasteiger partial charge in [-0.15, -0.1) is 0 Å². The van der Waals surface area contributed by atoms with Crippen LogP contribution in [0.5, 0.6) is 0 Å². The van der Waals surface area contributed by atoms with E-state index in [4.69, 9.17) is 23.4 Å². The van der Waals surface area contributed by atoms with Crippen LogP contribution in [-0.2, 0) is 23.4 Å². The molecule has 0 aromatic rings. The minimum atomic E-state index is 0.371. The van der Waals surface area contributed by atoms with Gasteiger partial charge in [-0.25, -0.2) is 0 Å². The number of ether oxygens (including phenoxy) is 4. The lowest BCUT2D eigenvalue weighted by Gasteiger charge is -2.26.